The number of carbonyl (C=O) groups excluding carboxylic acids is 1. The second kappa shape index (κ2) is 8.72. The van der Waals surface area contributed by atoms with Crippen molar-refractivity contribution in [2.45, 2.75) is 18.9 Å². The fourth-order valence-corrected chi connectivity index (χ4v) is 4.37. The predicted molar refractivity (Wildman–Crippen MR) is 127 cm³/mol. The van der Waals surface area contributed by atoms with Crippen LogP contribution in [0.25, 0.3) is 33.1 Å². The van der Waals surface area contributed by atoms with E-state index in [0.717, 1.165) is 48.0 Å². The standard InChI is InChI=1S/C23H23FN6O.ClH/c1-26-23(31)14-8-16-18(11-29-22(16)28-10-14)13-7-17-20(30-6-2-3-15(25)12-30)4-5-27-21(17)19(24)9-13;/h4-5,7-11,15H,2-3,6,12,25H2,1H3,(H,26,31)(H,28,29);1H/t15-;/m1./s1. The number of piperidine rings is 1. The normalized spacial score (nSPS) is 16.2. The molecule has 5 rings (SSSR count). The Labute approximate surface area is 190 Å². The van der Waals surface area contributed by atoms with Gasteiger partial charge in [-0.15, -0.1) is 12.4 Å². The average Bonchev–Trinajstić information content (AvgIpc) is 3.21. The summed E-state index contributed by atoms with van der Waals surface area (Å²) < 4.78 is 15.1. The summed E-state index contributed by atoms with van der Waals surface area (Å²) in [5.41, 5.74) is 10.0. The van der Waals surface area contributed by atoms with Crippen molar-refractivity contribution < 1.29 is 9.18 Å². The van der Waals surface area contributed by atoms with Crippen molar-refractivity contribution in [1.82, 2.24) is 20.3 Å². The highest BCUT2D eigenvalue weighted by Gasteiger charge is 2.21. The van der Waals surface area contributed by atoms with Gasteiger partial charge >= 0.3 is 0 Å². The monoisotopic (exact) mass is 454 g/mol. The maximum absolute atomic E-state index is 15.1. The molecule has 1 atom stereocenters. The number of pyridine rings is 2. The summed E-state index contributed by atoms with van der Waals surface area (Å²) in [5, 5.41) is 4.11. The molecule has 0 spiro atoms. The molecule has 1 aliphatic rings. The van der Waals surface area contributed by atoms with Crippen molar-refractivity contribution >= 4 is 45.9 Å². The Balaban J connectivity index is 0.00000245. The summed E-state index contributed by atoms with van der Waals surface area (Å²) in [6, 6.07) is 7.23. The number of benzene rings is 1. The number of amides is 1. The number of nitrogens with two attached hydrogens (primary N) is 1. The summed E-state index contributed by atoms with van der Waals surface area (Å²) in [7, 11) is 1.57. The molecule has 4 heterocycles. The summed E-state index contributed by atoms with van der Waals surface area (Å²) in [6.07, 6.45) is 6.95. The average molecular weight is 455 g/mol. The molecule has 3 aromatic heterocycles. The van der Waals surface area contributed by atoms with Gasteiger partial charge in [-0.05, 0) is 42.7 Å². The molecule has 9 heteroatoms. The molecule has 32 heavy (non-hydrogen) atoms. The highest BCUT2D eigenvalue weighted by atomic mass is 35.5. The van der Waals surface area contributed by atoms with Gasteiger partial charge in [-0.1, -0.05) is 0 Å². The van der Waals surface area contributed by atoms with E-state index in [2.05, 4.69) is 25.2 Å². The number of rotatable bonds is 3. The molecule has 4 aromatic rings. The van der Waals surface area contributed by atoms with Crippen LogP contribution in [-0.2, 0) is 0 Å². The van der Waals surface area contributed by atoms with Crippen LogP contribution in [-0.4, -0.2) is 47.0 Å². The molecule has 1 saturated heterocycles. The number of H-pyrrole nitrogens is 1. The SMILES string of the molecule is CNC(=O)c1cnc2[nH]cc(-c3cc(F)c4nccc(N5CCC[C@@H](N)C5)c4c3)c2c1.Cl. The van der Waals surface area contributed by atoms with Crippen molar-refractivity contribution in [3.8, 4) is 11.1 Å². The van der Waals surface area contributed by atoms with Gasteiger partial charge in [0.1, 0.15) is 17.0 Å². The first-order valence-electron chi connectivity index (χ1n) is 10.3. The van der Waals surface area contributed by atoms with Gasteiger partial charge in [0.15, 0.2) is 0 Å². The first-order valence-corrected chi connectivity index (χ1v) is 10.3. The first kappa shape index (κ1) is 22.0. The van der Waals surface area contributed by atoms with Crippen LogP contribution in [0, 0.1) is 5.82 Å². The first-order chi connectivity index (χ1) is 15.0. The molecule has 0 aliphatic carbocycles. The summed E-state index contributed by atoms with van der Waals surface area (Å²) in [6.45, 7) is 1.61. The molecule has 4 N–H and O–H groups in total. The third-order valence-corrected chi connectivity index (χ3v) is 5.91. The molecule has 1 aliphatic heterocycles. The van der Waals surface area contributed by atoms with Gasteiger partial charge in [-0.2, -0.15) is 0 Å². The molecule has 0 unspecified atom stereocenters. The van der Waals surface area contributed by atoms with Crippen molar-refractivity contribution in [2.75, 3.05) is 25.0 Å². The van der Waals surface area contributed by atoms with Crippen LogP contribution in [0.1, 0.15) is 23.2 Å². The number of nitrogens with zero attached hydrogens (tertiary/aromatic N) is 3. The molecule has 1 fully saturated rings. The quantitative estimate of drug-likeness (QED) is 0.439. The summed E-state index contributed by atoms with van der Waals surface area (Å²) >= 11 is 0. The van der Waals surface area contributed by atoms with E-state index < -0.39 is 0 Å². The van der Waals surface area contributed by atoms with Crippen LogP contribution >= 0.6 is 12.4 Å². The van der Waals surface area contributed by atoms with E-state index in [-0.39, 0.29) is 30.2 Å². The lowest BCUT2D eigenvalue weighted by Crippen LogP contribution is -2.42. The van der Waals surface area contributed by atoms with Gasteiger partial charge in [0, 0.05) is 66.8 Å². The Hall–Kier alpha value is -3.23. The number of fused-ring (bicyclic) bond motifs is 2. The second-order valence-electron chi connectivity index (χ2n) is 7.93. The van der Waals surface area contributed by atoms with Crippen molar-refractivity contribution in [3.63, 3.8) is 0 Å². The van der Waals surface area contributed by atoms with Crippen LogP contribution < -0.4 is 16.0 Å². The Morgan fingerprint density at radius 2 is 2.12 bits per heavy atom. The van der Waals surface area contributed by atoms with Crippen molar-refractivity contribution in [1.29, 1.82) is 0 Å². The zero-order valence-electron chi connectivity index (χ0n) is 17.6. The molecule has 0 saturated carbocycles. The Morgan fingerprint density at radius 1 is 1.28 bits per heavy atom. The number of carbonyl (C=O) groups is 1. The lowest BCUT2D eigenvalue weighted by molar-refractivity contribution is 0.0963. The third kappa shape index (κ3) is 3.76. The van der Waals surface area contributed by atoms with Gasteiger partial charge in [0.05, 0.1) is 5.56 Å². The van der Waals surface area contributed by atoms with E-state index in [9.17, 15) is 4.79 Å². The van der Waals surface area contributed by atoms with E-state index in [1.165, 1.54) is 12.3 Å². The topological polar surface area (TPSA) is 99.9 Å². The van der Waals surface area contributed by atoms with Gasteiger partial charge < -0.3 is 20.9 Å². The van der Waals surface area contributed by atoms with E-state index in [1.807, 2.05) is 12.1 Å². The lowest BCUT2D eigenvalue weighted by Gasteiger charge is -2.33. The number of nitrogens with one attached hydrogen (secondary N) is 2. The Kier molecular flexibility index (Phi) is 5.99. The summed E-state index contributed by atoms with van der Waals surface area (Å²) in [4.78, 5) is 26.0. The maximum Gasteiger partial charge on any atom is 0.252 e. The smallest absolute Gasteiger partial charge is 0.252 e. The number of aromatic amines is 1. The van der Waals surface area contributed by atoms with Crippen LogP contribution in [0.4, 0.5) is 10.1 Å². The van der Waals surface area contributed by atoms with Crippen LogP contribution in [0.5, 0.6) is 0 Å². The Bertz CT molecular complexity index is 1310. The van der Waals surface area contributed by atoms with E-state index in [0.29, 0.717) is 22.3 Å². The predicted octanol–water partition coefficient (Wildman–Crippen LogP) is 3.63. The Morgan fingerprint density at radius 3 is 2.91 bits per heavy atom. The molecule has 0 bridgehead atoms. The molecule has 1 aromatic carbocycles. The highest BCUT2D eigenvalue weighted by Crippen LogP contribution is 2.35. The van der Waals surface area contributed by atoms with Crippen LogP contribution in [0.2, 0.25) is 0 Å². The number of hydrogen-bond donors (Lipinski definition) is 3. The molecule has 1 amide bonds. The molecule has 7 nitrogen and oxygen atoms in total. The van der Waals surface area contributed by atoms with Gasteiger partial charge in [-0.3, -0.25) is 9.78 Å². The number of halogens is 2. The number of aromatic nitrogens is 3. The minimum Gasteiger partial charge on any atom is -0.369 e. The van der Waals surface area contributed by atoms with E-state index in [4.69, 9.17) is 5.73 Å². The largest absolute Gasteiger partial charge is 0.369 e. The lowest BCUT2D eigenvalue weighted by atomic mass is 10.00. The minimum absolute atomic E-state index is 0. The summed E-state index contributed by atoms with van der Waals surface area (Å²) in [5.74, 6) is -0.611. The molecular formula is C23H24ClFN6O. The highest BCUT2D eigenvalue weighted by molar-refractivity contribution is 6.03. The molecular weight excluding hydrogens is 431 g/mol. The fraction of sp³-hybridized carbons (Fsp3) is 0.261. The van der Waals surface area contributed by atoms with Gasteiger partial charge in [0.2, 0.25) is 0 Å². The number of hydrogen-bond acceptors (Lipinski definition) is 5. The molecule has 0 radical (unpaired) electrons. The third-order valence-electron chi connectivity index (χ3n) is 5.91. The van der Waals surface area contributed by atoms with Crippen molar-refractivity contribution in [2.24, 2.45) is 5.73 Å². The molecule has 166 valence electrons. The van der Waals surface area contributed by atoms with Crippen LogP contribution in [0.15, 0.2) is 42.9 Å². The maximum atomic E-state index is 15.1. The second-order valence-corrected chi connectivity index (χ2v) is 7.93. The minimum atomic E-state index is -0.388. The number of anilines is 1. The van der Waals surface area contributed by atoms with Crippen molar-refractivity contribution in [3.05, 3.63) is 54.2 Å². The van der Waals surface area contributed by atoms with E-state index in [1.54, 1.807) is 25.5 Å². The van der Waals surface area contributed by atoms with E-state index >= 15 is 4.39 Å². The zero-order chi connectivity index (χ0) is 21.5. The fourth-order valence-electron chi connectivity index (χ4n) is 4.37. The van der Waals surface area contributed by atoms with Gasteiger partial charge in [0.25, 0.3) is 5.91 Å². The van der Waals surface area contributed by atoms with Crippen LogP contribution in [0.3, 0.4) is 0 Å². The van der Waals surface area contributed by atoms with Gasteiger partial charge in [-0.25, -0.2) is 9.37 Å². The zero-order valence-corrected chi connectivity index (χ0v) is 18.4.